The molecule has 0 aromatic heterocycles. The quantitative estimate of drug-likeness (QED) is 0.575. The zero-order valence-corrected chi connectivity index (χ0v) is 7.67. The predicted octanol–water partition coefficient (Wildman–Crippen LogP) is 2.36. The van der Waals surface area contributed by atoms with E-state index in [9.17, 15) is 5.11 Å². The predicted molar refractivity (Wildman–Crippen MR) is 47.3 cm³/mol. The first-order valence-corrected chi connectivity index (χ1v) is 4.46. The van der Waals surface area contributed by atoms with E-state index in [0.717, 1.165) is 6.42 Å². The van der Waals surface area contributed by atoms with E-state index in [-0.39, 0.29) is 6.10 Å². The van der Waals surface area contributed by atoms with Crippen molar-refractivity contribution in [2.75, 3.05) is 0 Å². The number of aliphatic hydroxyl groups is 1. The summed E-state index contributed by atoms with van der Waals surface area (Å²) in [5.74, 6) is 1.09. The molecule has 1 aliphatic rings. The highest BCUT2D eigenvalue weighted by Crippen LogP contribution is 2.28. The second kappa shape index (κ2) is 3.40. The van der Waals surface area contributed by atoms with Crippen LogP contribution >= 0.6 is 0 Å². The largest absolute Gasteiger partial charge is 0.389 e. The monoisotopic (exact) mass is 154 g/mol. The van der Waals surface area contributed by atoms with Crippen LogP contribution in [-0.4, -0.2) is 11.2 Å². The van der Waals surface area contributed by atoms with E-state index >= 15 is 0 Å². The Bertz CT molecular complexity index is 158. The summed E-state index contributed by atoms with van der Waals surface area (Å²) in [7, 11) is 0. The third-order valence-electron chi connectivity index (χ3n) is 2.62. The van der Waals surface area contributed by atoms with E-state index in [1.165, 1.54) is 12.0 Å². The van der Waals surface area contributed by atoms with Crippen LogP contribution < -0.4 is 0 Å². The molecule has 0 aromatic carbocycles. The average molecular weight is 154 g/mol. The normalized spacial score (nSPS) is 32.3. The lowest BCUT2D eigenvalue weighted by atomic mass is 9.81. The van der Waals surface area contributed by atoms with Gasteiger partial charge in [0.25, 0.3) is 0 Å². The summed E-state index contributed by atoms with van der Waals surface area (Å²) in [6.45, 7) is 6.46. The molecule has 1 rings (SSSR count). The molecule has 1 heteroatoms. The highest BCUT2D eigenvalue weighted by atomic mass is 16.3. The minimum absolute atomic E-state index is 0.191. The van der Waals surface area contributed by atoms with Crippen LogP contribution in [0.2, 0.25) is 0 Å². The Hall–Kier alpha value is -0.300. The molecule has 0 fully saturated rings. The molecule has 0 amide bonds. The van der Waals surface area contributed by atoms with Crippen molar-refractivity contribution in [3.8, 4) is 0 Å². The van der Waals surface area contributed by atoms with Crippen molar-refractivity contribution in [2.45, 2.75) is 39.7 Å². The van der Waals surface area contributed by atoms with Gasteiger partial charge in [-0.25, -0.2) is 0 Å². The number of hydrogen-bond donors (Lipinski definition) is 1. The third-order valence-corrected chi connectivity index (χ3v) is 2.62. The van der Waals surface area contributed by atoms with Gasteiger partial charge in [0.2, 0.25) is 0 Å². The van der Waals surface area contributed by atoms with Crippen molar-refractivity contribution in [1.29, 1.82) is 0 Å². The molecule has 0 saturated carbocycles. The summed E-state index contributed by atoms with van der Waals surface area (Å²) in [6.07, 6.45) is 4.14. The first-order chi connectivity index (χ1) is 5.11. The van der Waals surface area contributed by atoms with Crippen molar-refractivity contribution < 1.29 is 5.11 Å². The molecule has 0 unspecified atom stereocenters. The minimum atomic E-state index is -0.191. The molecule has 0 radical (unpaired) electrons. The van der Waals surface area contributed by atoms with Gasteiger partial charge in [-0.3, -0.25) is 0 Å². The van der Waals surface area contributed by atoms with Crippen LogP contribution in [-0.2, 0) is 0 Å². The zero-order chi connectivity index (χ0) is 8.43. The summed E-state index contributed by atoms with van der Waals surface area (Å²) in [5, 5.41) is 9.63. The van der Waals surface area contributed by atoms with Gasteiger partial charge in [0.05, 0.1) is 6.10 Å². The Balaban J connectivity index is 2.60. The Kier molecular flexibility index (Phi) is 2.72. The van der Waals surface area contributed by atoms with Crippen molar-refractivity contribution in [3.63, 3.8) is 0 Å². The number of aliphatic hydroxyl groups excluding tert-OH is 1. The molecule has 0 saturated heterocycles. The molecule has 64 valence electrons. The highest BCUT2D eigenvalue weighted by molar-refractivity contribution is 5.08. The van der Waals surface area contributed by atoms with Crippen LogP contribution in [0, 0.1) is 11.8 Å². The number of allylic oxidation sites excluding steroid dienone is 1. The fourth-order valence-electron chi connectivity index (χ4n) is 1.79. The van der Waals surface area contributed by atoms with E-state index in [4.69, 9.17) is 0 Å². The summed E-state index contributed by atoms with van der Waals surface area (Å²) >= 11 is 0. The molecular formula is C10H18O. The number of rotatable bonds is 1. The fraction of sp³-hybridized carbons (Fsp3) is 0.800. The second-order valence-corrected chi connectivity index (χ2v) is 3.95. The molecule has 1 nitrogen and oxygen atoms in total. The van der Waals surface area contributed by atoms with Crippen LogP contribution in [0.4, 0.5) is 0 Å². The van der Waals surface area contributed by atoms with E-state index in [1.54, 1.807) is 0 Å². The molecule has 1 N–H and O–H groups in total. The molecule has 2 atom stereocenters. The standard InChI is InChI=1S/C10H18O/c1-7(2)9-5-4-8(3)6-10(9)11/h6-7,9-11H,4-5H2,1-3H3/t9-,10+/m1/s1. The van der Waals surface area contributed by atoms with Gasteiger partial charge in [0.15, 0.2) is 0 Å². The lowest BCUT2D eigenvalue weighted by Crippen LogP contribution is -2.26. The maximum Gasteiger partial charge on any atom is 0.0754 e. The topological polar surface area (TPSA) is 20.2 Å². The van der Waals surface area contributed by atoms with E-state index in [2.05, 4.69) is 20.8 Å². The molecule has 1 aliphatic carbocycles. The van der Waals surface area contributed by atoms with Gasteiger partial charge in [-0.15, -0.1) is 0 Å². The molecule has 0 bridgehead atoms. The maximum atomic E-state index is 9.63. The van der Waals surface area contributed by atoms with Gasteiger partial charge in [-0.1, -0.05) is 25.5 Å². The Morgan fingerprint density at radius 1 is 1.55 bits per heavy atom. The van der Waals surface area contributed by atoms with Gasteiger partial charge in [0.1, 0.15) is 0 Å². The molecule has 0 aliphatic heterocycles. The summed E-state index contributed by atoms with van der Waals surface area (Å²) in [4.78, 5) is 0. The van der Waals surface area contributed by atoms with Gasteiger partial charge >= 0.3 is 0 Å². The summed E-state index contributed by atoms with van der Waals surface area (Å²) in [5.41, 5.74) is 1.34. The van der Waals surface area contributed by atoms with Gasteiger partial charge in [-0.05, 0) is 31.6 Å². The van der Waals surface area contributed by atoms with E-state index < -0.39 is 0 Å². The van der Waals surface area contributed by atoms with Crippen molar-refractivity contribution in [3.05, 3.63) is 11.6 Å². The smallest absolute Gasteiger partial charge is 0.0754 e. The Labute approximate surface area is 69.1 Å². The van der Waals surface area contributed by atoms with Crippen LogP contribution in [0.15, 0.2) is 11.6 Å². The third kappa shape index (κ3) is 2.06. The van der Waals surface area contributed by atoms with Gasteiger partial charge < -0.3 is 5.11 Å². The SMILES string of the molecule is CC1=C[C@H](O)[C@@H](C(C)C)CC1. The van der Waals surface area contributed by atoms with Gasteiger partial charge in [0, 0.05) is 0 Å². The molecular weight excluding hydrogens is 136 g/mol. The molecule has 0 aromatic rings. The Morgan fingerprint density at radius 2 is 2.18 bits per heavy atom. The summed E-state index contributed by atoms with van der Waals surface area (Å²) in [6, 6.07) is 0. The molecule has 11 heavy (non-hydrogen) atoms. The van der Waals surface area contributed by atoms with E-state index in [1.807, 2.05) is 6.08 Å². The van der Waals surface area contributed by atoms with Gasteiger partial charge in [-0.2, -0.15) is 0 Å². The second-order valence-electron chi connectivity index (χ2n) is 3.95. The maximum absolute atomic E-state index is 9.63. The Morgan fingerprint density at radius 3 is 2.64 bits per heavy atom. The lowest BCUT2D eigenvalue weighted by molar-refractivity contribution is 0.108. The van der Waals surface area contributed by atoms with Crippen LogP contribution in [0.3, 0.4) is 0 Å². The van der Waals surface area contributed by atoms with Crippen LogP contribution in [0.5, 0.6) is 0 Å². The first kappa shape index (κ1) is 8.79. The number of hydrogen-bond acceptors (Lipinski definition) is 1. The molecule has 0 heterocycles. The van der Waals surface area contributed by atoms with Crippen LogP contribution in [0.25, 0.3) is 0 Å². The van der Waals surface area contributed by atoms with Crippen LogP contribution in [0.1, 0.15) is 33.6 Å². The highest BCUT2D eigenvalue weighted by Gasteiger charge is 2.23. The van der Waals surface area contributed by atoms with E-state index in [0.29, 0.717) is 11.8 Å². The minimum Gasteiger partial charge on any atom is -0.389 e. The summed E-state index contributed by atoms with van der Waals surface area (Å²) < 4.78 is 0. The van der Waals surface area contributed by atoms with Crippen molar-refractivity contribution in [1.82, 2.24) is 0 Å². The fourth-order valence-corrected chi connectivity index (χ4v) is 1.79. The van der Waals surface area contributed by atoms with Crippen molar-refractivity contribution in [2.24, 2.45) is 11.8 Å². The van der Waals surface area contributed by atoms with Crippen molar-refractivity contribution >= 4 is 0 Å². The lowest BCUT2D eigenvalue weighted by Gasteiger charge is -2.28. The average Bonchev–Trinajstić information content (AvgIpc) is 1.85. The zero-order valence-electron chi connectivity index (χ0n) is 7.67. The molecule has 0 spiro atoms. The first-order valence-electron chi connectivity index (χ1n) is 4.46.